The highest BCUT2D eigenvalue weighted by atomic mass is 16.5. The van der Waals surface area contributed by atoms with Gasteiger partial charge in [0.25, 0.3) is 0 Å². The molecule has 0 radical (unpaired) electrons. The molecule has 0 aliphatic carbocycles. The molecule has 0 atom stereocenters. The van der Waals surface area contributed by atoms with E-state index in [9.17, 15) is 0 Å². The summed E-state index contributed by atoms with van der Waals surface area (Å²) in [7, 11) is 0. The molecular formula is C14H19N3O2. The summed E-state index contributed by atoms with van der Waals surface area (Å²) in [5, 5.41) is 11.2. The molecule has 5 nitrogen and oxygen atoms in total. The van der Waals surface area contributed by atoms with E-state index in [0.29, 0.717) is 37.4 Å². The highest BCUT2D eigenvalue weighted by molar-refractivity contribution is 5.20. The second-order valence-corrected chi connectivity index (χ2v) is 4.54. The number of nitrogens with zero attached hydrogens (tertiary/aromatic N) is 2. The van der Waals surface area contributed by atoms with E-state index < -0.39 is 0 Å². The van der Waals surface area contributed by atoms with E-state index in [1.807, 2.05) is 30.3 Å². The van der Waals surface area contributed by atoms with Gasteiger partial charge in [-0.25, -0.2) is 0 Å². The third-order valence-corrected chi connectivity index (χ3v) is 2.50. The van der Waals surface area contributed by atoms with Gasteiger partial charge in [-0.2, -0.15) is 0 Å². The van der Waals surface area contributed by atoms with Gasteiger partial charge >= 0.3 is 0 Å². The van der Waals surface area contributed by atoms with Gasteiger partial charge in [0, 0.05) is 6.04 Å². The van der Waals surface area contributed by atoms with Crippen LogP contribution < -0.4 is 10.1 Å². The molecule has 0 saturated carbocycles. The Hall–Kier alpha value is -1.88. The van der Waals surface area contributed by atoms with Gasteiger partial charge < -0.3 is 14.5 Å². The largest absolute Gasteiger partial charge is 0.493 e. The Labute approximate surface area is 113 Å². The molecule has 1 N–H and O–H groups in total. The maximum atomic E-state index is 5.57. The highest BCUT2D eigenvalue weighted by Crippen LogP contribution is 2.09. The first-order valence-electron chi connectivity index (χ1n) is 6.46. The molecule has 1 heterocycles. The van der Waals surface area contributed by atoms with E-state index in [0.717, 1.165) is 5.75 Å². The van der Waals surface area contributed by atoms with Gasteiger partial charge in [0.1, 0.15) is 5.75 Å². The van der Waals surface area contributed by atoms with Gasteiger partial charge in [0.15, 0.2) is 0 Å². The minimum absolute atomic E-state index is 0.400. The van der Waals surface area contributed by atoms with Crippen molar-refractivity contribution >= 4 is 0 Å². The van der Waals surface area contributed by atoms with Crippen molar-refractivity contribution in [2.45, 2.75) is 32.9 Å². The first-order chi connectivity index (χ1) is 9.24. The number of hydrogen-bond acceptors (Lipinski definition) is 5. The zero-order chi connectivity index (χ0) is 13.5. The average Bonchev–Trinajstić information content (AvgIpc) is 2.86. The second kappa shape index (κ2) is 6.89. The van der Waals surface area contributed by atoms with Crippen LogP contribution in [0.1, 0.15) is 25.6 Å². The molecule has 19 heavy (non-hydrogen) atoms. The monoisotopic (exact) mass is 261 g/mol. The summed E-state index contributed by atoms with van der Waals surface area (Å²) in [5.41, 5.74) is 0. The van der Waals surface area contributed by atoms with E-state index in [4.69, 9.17) is 9.15 Å². The van der Waals surface area contributed by atoms with Crippen molar-refractivity contribution in [1.29, 1.82) is 0 Å². The molecule has 1 aromatic heterocycles. The standard InChI is InChI=1S/C14H19N3O2/c1-11(2)15-10-14-17-16-13(19-14)8-9-18-12-6-4-3-5-7-12/h3-7,11,15H,8-10H2,1-2H3. The molecule has 0 unspecified atom stereocenters. The Morgan fingerprint density at radius 2 is 1.89 bits per heavy atom. The zero-order valence-corrected chi connectivity index (χ0v) is 11.3. The summed E-state index contributed by atoms with van der Waals surface area (Å²) >= 11 is 0. The number of nitrogens with one attached hydrogen (secondary N) is 1. The van der Waals surface area contributed by atoms with Crippen molar-refractivity contribution in [2.75, 3.05) is 6.61 Å². The van der Waals surface area contributed by atoms with Crippen LogP contribution in [0.5, 0.6) is 5.75 Å². The molecule has 1 aromatic carbocycles. The SMILES string of the molecule is CC(C)NCc1nnc(CCOc2ccccc2)o1. The molecule has 0 fully saturated rings. The lowest BCUT2D eigenvalue weighted by molar-refractivity contribution is 0.302. The van der Waals surface area contributed by atoms with Crippen LogP contribution >= 0.6 is 0 Å². The fourth-order valence-corrected chi connectivity index (χ4v) is 1.53. The second-order valence-electron chi connectivity index (χ2n) is 4.54. The van der Waals surface area contributed by atoms with Crippen LogP contribution in [0.15, 0.2) is 34.7 Å². The summed E-state index contributed by atoms with van der Waals surface area (Å²) in [6, 6.07) is 10.1. The molecule has 2 aromatic rings. The van der Waals surface area contributed by atoms with Crippen LogP contribution in [-0.4, -0.2) is 22.8 Å². The van der Waals surface area contributed by atoms with Crippen LogP contribution in [0.2, 0.25) is 0 Å². The van der Waals surface area contributed by atoms with Gasteiger partial charge in [-0.15, -0.1) is 10.2 Å². The number of benzene rings is 1. The van der Waals surface area contributed by atoms with E-state index in [1.54, 1.807) is 0 Å². The van der Waals surface area contributed by atoms with E-state index in [1.165, 1.54) is 0 Å². The predicted octanol–water partition coefficient (Wildman–Crippen LogP) is 2.19. The molecule has 0 saturated heterocycles. The van der Waals surface area contributed by atoms with Gasteiger partial charge in [-0.05, 0) is 12.1 Å². The molecule has 0 aliphatic heterocycles. The fraction of sp³-hybridized carbons (Fsp3) is 0.429. The lowest BCUT2D eigenvalue weighted by Gasteiger charge is -2.04. The van der Waals surface area contributed by atoms with E-state index in [2.05, 4.69) is 29.4 Å². The number of para-hydroxylation sites is 1. The molecule has 102 valence electrons. The smallest absolute Gasteiger partial charge is 0.230 e. The molecule has 0 amide bonds. The summed E-state index contributed by atoms with van der Waals surface area (Å²) in [6.45, 7) is 5.28. The first-order valence-corrected chi connectivity index (χ1v) is 6.46. The Morgan fingerprint density at radius 3 is 2.63 bits per heavy atom. The van der Waals surface area contributed by atoms with Crippen molar-refractivity contribution < 1.29 is 9.15 Å². The number of ether oxygens (including phenoxy) is 1. The van der Waals surface area contributed by atoms with Crippen LogP contribution in [0.3, 0.4) is 0 Å². The van der Waals surface area contributed by atoms with Crippen LogP contribution in [0, 0.1) is 0 Å². The van der Waals surface area contributed by atoms with Gasteiger partial charge in [0.05, 0.1) is 19.6 Å². The van der Waals surface area contributed by atoms with Crippen molar-refractivity contribution in [1.82, 2.24) is 15.5 Å². The number of hydrogen-bond donors (Lipinski definition) is 1. The Balaban J connectivity index is 1.74. The third kappa shape index (κ3) is 4.71. The quantitative estimate of drug-likeness (QED) is 0.828. The first kappa shape index (κ1) is 13.5. The summed E-state index contributed by atoms with van der Waals surface area (Å²) in [6.07, 6.45) is 0.615. The zero-order valence-electron chi connectivity index (χ0n) is 11.3. The normalized spacial score (nSPS) is 10.9. The minimum atomic E-state index is 0.400. The topological polar surface area (TPSA) is 60.2 Å². The number of rotatable bonds is 7. The van der Waals surface area contributed by atoms with Crippen LogP contribution in [0.4, 0.5) is 0 Å². The maximum Gasteiger partial charge on any atom is 0.230 e. The summed E-state index contributed by atoms with van der Waals surface area (Å²) in [4.78, 5) is 0. The Kier molecular flexibility index (Phi) is 4.92. The third-order valence-electron chi connectivity index (χ3n) is 2.50. The lowest BCUT2D eigenvalue weighted by Crippen LogP contribution is -2.21. The van der Waals surface area contributed by atoms with Gasteiger partial charge in [-0.1, -0.05) is 32.0 Å². The van der Waals surface area contributed by atoms with Crippen molar-refractivity contribution in [3.8, 4) is 5.75 Å². The van der Waals surface area contributed by atoms with Crippen LogP contribution in [0.25, 0.3) is 0 Å². The van der Waals surface area contributed by atoms with E-state index in [-0.39, 0.29) is 0 Å². The molecule has 0 bridgehead atoms. The maximum absolute atomic E-state index is 5.57. The van der Waals surface area contributed by atoms with Crippen molar-refractivity contribution in [3.05, 3.63) is 42.1 Å². The van der Waals surface area contributed by atoms with Crippen molar-refractivity contribution in [3.63, 3.8) is 0 Å². The molecular weight excluding hydrogens is 242 g/mol. The highest BCUT2D eigenvalue weighted by Gasteiger charge is 2.06. The number of aromatic nitrogens is 2. The molecule has 5 heteroatoms. The molecule has 2 rings (SSSR count). The fourth-order valence-electron chi connectivity index (χ4n) is 1.53. The lowest BCUT2D eigenvalue weighted by atomic mass is 10.3. The Bertz CT molecular complexity index is 482. The molecule has 0 aliphatic rings. The summed E-state index contributed by atoms with van der Waals surface area (Å²) < 4.78 is 11.1. The van der Waals surface area contributed by atoms with Crippen LogP contribution in [-0.2, 0) is 13.0 Å². The van der Waals surface area contributed by atoms with Gasteiger partial charge in [-0.3, -0.25) is 0 Å². The minimum Gasteiger partial charge on any atom is -0.493 e. The van der Waals surface area contributed by atoms with Crippen molar-refractivity contribution in [2.24, 2.45) is 0 Å². The molecule has 0 spiro atoms. The van der Waals surface area contributed by atoms with E-state index >= 15 is 0 Å². The van der Waals surface area contributed by atoms with Gasteiger partial charge in [0.2, 0.25) is 11.8 Å². The predicted molar refractivity (Wildman–Crippen MR) is 71.9 cm³/mol. The summed E-state index contributed by atoms with van der Waals surface area (Å²) in [5.74, 6) is 2.07. The Morgan fingerprint density at radius 1 is 1.16 bits per heavy atom. The average molecular weight is 261 g/mol.